The molecule has 0 atom stereocenters. The van der Waals surface area contributed by atoms with E-state index in [2.05, 4.69) is 9.88 Å². The smallest absolute Gasteiger partial charge is 0.132 e. The zero-order valence-corrected chi connectivity index (χ0v) is 10.2. The minimum Gasteiger partial charge on any atom is -0.390 e. The number of piperidine rings is 1. The second kappa shape index (κ2) is 4.60. The molecule has 3 nitrogen and oxygen atoms in total. The van der Waals surface area contributed by atoms with Crippen LogP contribution in [0.15, 0.2) is 18.3 Å². The molecule has 1 aliphatic rings. The van der Waals surface area contributed by atoms with Crippen LogP contribution in [0.2, 0.25) is 0 Å². The third kappa shape index (κ3) is 2.47. The summed E-state index contributed by atoms with van der Waals surface area (Å²) in [7, 11) is 0. The average molecular weight is 241 g/mol. The van der Waals surface area contributed by atoms with Crippen molar-refractivity contribution in [3.05, 3.63) is 23.9 Å². The highest BCUT2D eigenvalue weighted by Crippen LogP contribution is 2.27. The maximum Gasteiger partial charge on any atom is 0.132 e. The fourth-order valence-corrected chi connectivity index (χ4v) is 2.23. The summed E-state index contributed by atoms with van der Waals surface area (Å²) in [4.78, 5) is 6.58. The number of hydrogen-bond donors (Lipinski definition) is 1. The Balaban J connectivity index is 2.14. The minimum atomic E-state index is -0.521. The molecule has 0 spiro atoms. The quantitative estimate of drug-likeness (QED) is 0.805. The SMILES string of the molecule is CC1(O)CCN(c2ncccc2CCl)CC1. The first-order valence-corrected chi connectivity index (χ1v) is 6.13. The van der Waals surface area contributed by atoms with Crippen LogP contribution in [0.1, 0.15) is 25.3 Å². The Morgan fingerprint density at radius 3 is 2.81 bits per heavy atom. The summed E-state index contributed by atoms with van der Waals surface area (Å²) in [6, 6.07) is 3.91. The molecule has 1 aromatic heterocycles. The molecule has 1 aliphatic heterocycles. The number of hydrogen-bond acceptors (Lipinski definition) is 3. The van der Waals surface area contributed by atoms with Gasteiger partial charge in [0.25, 0.3) is 0 Å². The van der Waals surface area contributed by atoms with Crippen LogP contribution in [0.3, 0.4) is 0 Å². The molecule has 0 aliphatic carbocycles. The fourth-order valence-electron chi connectivity index (χ4n) is 2.02. The van der Waals surface area contributed by atoms with E-state index in [0.29, 0.717) is 5.88 Å². The van der Waals surface area contributed by atoms with Gasteiger partial charge in [0.2, 0.25) is 0 Å². The first kappa shape index (κ1) is 11.7. The molecule has 0 radical (unpaired) electrons. The number of halogens is 1. The molecule has 1 aromatic rings. The van der Waals surface area contributed by atoms with E-state index in [4.69, 9.17) is 11.6 Å². The first-order valence-electron chi connectivity index (χ1n) is 5.59. The second-order valence-electron chi connectivity index (χ2n) is 4.60. The van der Waals surface area contributed by atoms with Gasteiger partial charge in [-0.25, -0.2) is 4.98 Å². The van der Waals surface area contributed by atoms with Crippen molar-refractivity contribution in [3.8, 4) is 0 Å². The van der Waals surface area contributed by atoms with Gasteiger partial charge in [-0.3, -0.25) is 0 Å². The zero-order chi connectivity index (χ0) is 11.6. The van der Waals surface area contributed by atoms with E-state index in [1.807, 2.05) is 19.1 Å². The molecule has 0 aromatic carbocycles. The minimum absolute atomic E-state index is 0.482. The van der Waals surface area contributed by atoms with Gasteiger partial charge in [0.05, 0.1) is 11.5 Å². The lowest BCUT2D eigenvalue weighted by Crippen LogP contribution is -2.43. The number of pyridine rings is 1. The van der Waals surface area contributed by atoms with E-state index in [0.717, 1.165) is 37.3 Å². The van der Waals surface area contributed by atoms with Crippen LogP contribution >= 0.6 is 11.6 Å². The summed E-state index contributed by atoms with van der Waals surface area (Å²) in [5.41, 5.74) is 0.539. The maximum absolute atomic E-state index is 9.89. The molecule has 4 heteroatoms. The largest absolute Gasteiger partial charge is 0.390 e. The fraction of sp³-hybridized carbons (Fsp3) is 0.583. The van der Waals surface area contributed by atoms with Crippen molar-refractivity contribution >= 4 is 17.4 Å². The Labute approximate surface area is 101 Å². The van der Waals surface area contributed by atoms with Gasteiger partial charge < -0.3 is 10.0 Å². The van der Waals surface area contributed by atoms with Crippen molar-refractivity contribution < 1.29 is 5.11 Å². The molecule has 1 N–H and O–H groups in total. The van der Waals surface area contributed by atoms with Crippen LogP contribution in [0, 0.1) is 0 Å². The van der Waals surface area contributed by atoms with Crippen molar-refractivity contribution in [1.29, 1.82) is 0 Å². The number of anilines is 1. The molecule has 0 unspecified atom stereocenters. The number of nitrogens with zero attached hydrogens (tertiary/aromatic N) is 2. The van der Waals surface area contributed by atoms with Crippen LogP contribution in [-0.4, -0.2) is 28.8 Å². The number of alkyl halides is 1. The van der Waals surface area contributed by atoms with Crippen molar-refractivity contribution in [1.82, 2.24) is 4.98 Å². The summed E-state index contributed by atoms with van der Waals surface area (Å²) in [5.74, 6) is 1.45. The Kier molecular flexibility index (Phi) is 3.36. The van der Waals surface area contributed by atoms with Crippen LogP contribution in [0.25, 0.3) is 0 Å². The van der Waals surface area contributed by atoms with E-state index >= 15 is 0 Å². The highest BCUT2D eigenvalue weighted by Gasteiger charge is 2.28. The summed E-state index contributed by atoms with van der Waals surface area (Å²) in [6.45, 7) is 3.58. The molecule has 1 fully saturated rings. The predicted octanol–water partition coefficient (Wildman–Crippen LogP) is 2.17. The van der Waals surface area contributed by atoms with E-state index in [1.54, 1.807) is 6.20 Å². The molecule has 0 bridgehead atoms. The van der Waals surface area contributed by atoms with Crippen molar-refractivity contribution in [2.45, 2.75) is 31.2 Å². The second-order valence-corrected chi connectivity index (χ2v) is 4.87. The molecular formula is C12H17ClN2O. The standard InChI is InChI=1S/C12H17ClN2O/c1-12(16)4-7-15(8-5-12)11-10(9-13)3-2-6-14-11/h2-3,6,16H,4-5,7-9H2,1H3. The van der Waals surface area contributed by atoms with Gasteiger partial charge in [-0.2, -0.15) is 0 Å². The third-order valence-electron chi connectivity index (χ3n) is 3.15. The summed E-state index contributed by atoms with van der Waals surface area (Å²) in [6.07, 6.45) is 3.36. The summed E-state index contributed by atoms with van der Waals surface area (Å²) in [5, 5.41) is 9.89. The van der Waals surface area contributed by atoms with Crippen molar-refractivity contribution in [2.75, 3.05) is 18.0 Å². The highest BCUT2D eigenvalue weighted by atomic mass is 35.5. The van der Waals surface area contributed by atoms with Gasteiger partial charge in [0.15, 0.2) is 0 Å². The van der Waals surface area contributed by atoms with Crippen LogP contribution in [-0.2, 0) is 5.88 Å². The molecule has 0 saturated carbocycles. The predicted molar refractivity (Wildman–Crippen MR) is 65.9 cm³/mol. The lowest BCUT2D eigenvalue weighted by Gasteiger charge is -2.37. The lowest BCUT2D eigenvalue weighted by molar-refractivity contribution is 0.0350. The monoisotopic (exact) mass is 240 g/mol. The summed E-state index contributed by atoms with van der Waals surface area (Å²) < 4.78 is 0. The Bertz CT molecular complexity index is 358. The van der Waals surface area contributed by atoms with Crippen LogP contribution in [0.5, 0.6) is 0 Å². The van der Waals surface area contributed by atoms with Gasteiger partial charge in [-0.05, 0) is 25.8 Å². The molecule has 2 heterocycles. The van der Waals surface area contributed by atoms with Crippen molar-refractivity contribution in [3.63, 3.8) is 0 Å². The highest BCUT2D eigenvalue weighted by molar-refractivity contribution is 6.17. The molecular weight excluding hydrogens is 224 g/mol. The third-order valence-corrected chi connectivity index (χ3v) is 3.44. The summed E-state index contributed by atoms with van der Waals surface area (Å²) >= 11 is 5.89. The topological polar surface area (TPSA) is 36.4 Å². The van der Waals surface area contributed by atoms with Gasteiger partial charge in [-0.15, -0.1) is 11.6 Å². The van der Waals surface area contributed by atoms with Crippen LogP contribution in [0.4, 0.5) is 5.82 Å². The van der Waals surface area contributed by atoms with E-state index in [9.17, 15) is 5.11 Å². The Morgan fingerprint density at radius 1 is 1.50 bits per heavy atom. The van der Waals surface area contributed by atoms with Crippen LogP contribution < -0.4 is 4.90 Å². The Morgan fingerprint density at radius 2 is 2.19 bits per heavy atom. The van der Waals surface area contributed by atoms with Gasteiger partial charge >= 0.3 is 0 Å². The number of rotatable bonds is 2. The molecule has 1 saturated heterocycles. The van der Waals surface area contributed by atoms with Gasteiger partial charge in [0.1, 0.15) is 5.82 Å². The van der Waals surface area contributed by atoms with Gasteiger partial charge in [0, 0.05) is 24.8 Å². The molecule has 2 rings (SSSR count). The number of aliphatic hydroxyl groups is 1. The normalized spacial score (nSPS) is 19.8. The van der Waals surface area contributed by atoms with E-state index < -0.39 is 5.60 Å². The average Bonchev–Trinajstić information content (AvgIpc) is 2.29. The Hall–Kier alpha value is -0.800. The molecule has 88 valence electrons. The number of aromatic nitrogens is 1. The molecule has 0 amide bonds. The van der Waals surface area contributed by atoms with Crippen molar-refractivity contribution in [2.24, 2.45) is 0 Å². The molecule has 16 heavy (non-hydrogen) atoms. The lowest BCUT2D eigenvalue weighted by atomic mass is 9.94. The van der Waals surface area contributed by atoms with Gasteiger partial charge in [-0.1, -0.05) is 6.07 Å². The van der Waals surface area contributed by atoms with E-state index in [-0.39, 0.29) is 0 Å². The van der Waals surface area contributed by atoms with E-state index in [1.165, 1.54) is 0 Å². The first-order chi connectivity index (χ1) is 7.62. The zero-order valence-electron chi connectivity index (χ0n) is 9.49. The maximum atomic E-state index is 9.89.